The second-order valence-corrected chi connectivity index (χ2v) is 7.19. The number of ether oxygens (including phenoxy) is 1. The van der Waals surface area contributed by atoms with Gasteiger partial charge < -0.3 is 14.1 Å². The van der Waals surface area contributed by atoms with Crippen LogP contribution in [0.25, 0.3) is 0 Å². The van der Waals surface area contributed by atoms with E-state index in [9.17, 15) is 4.79 Å². The normalized spacial score (nSPS) is 21.2. The first kappa shape index (κ1) is 15.7. The Bertz CT molecular complexity index is 715. The van der Waals surface area contributed by atoms with E-state index in [1.807, 2.05) is 11.7 Å². The van der Waals surface area contributed by atoms with Gasteiger partial charge in [-0.05, 0) is 6.42 Å². The lowest BCUT2D eigenvalue weighted by Gasteiger charge is -2.24. The van der Waals surface area contributed by atoms with Gasteiger partial charge in [-0.1, -0.05) is 0 Å². The smallest absolute Gasteiger partial charge is 0.309 e. The largest absolute Gasteiger partial charge is 0.437 e. The molecule has 2 aliphatic rings. The van der Waals surface area contributed by atoms with Crippen molar-refractivity contribution in [1.29, 1.82) is 0 Å². The summed E-state index contributed by atoms with van der Waals surface area (Å²) in [5.74, 6) is 0.941. The number of likely N-dealkylation sites (tertiary alicyclic amines) is 1. The fraction of sp³-hybridized carbons (Fsp3) is 0.562. The number of nitrogens with zero attached hydrogens (tertiary/aromatic N) is 4. The van der Waals surface area contributed by atoms with E-state index >= 15 is 0 Å². The van der Waals surface area contributed by atoms with Crippen LogP contribution in [0.15, 0.2) is 16.1 Å². The number of methoxy groups -OCH3 is 1. The molecule has 1 amide bonds. The van der Waals surface area contributed by atoms with Gasteiger partial charge in [-0.3, -0.25) is 14.7 Å². The Morgan fingerprint density at radius 1 is 1.50 bits per heavy atom. The standard InChI is InChI=1S/C16H20N4O3S/c1-22-11-2-5-20(7-11)16(21)15-18-13-9-19(4-3-14(13)23-15)8-12-6-17-10-24-12/h6,10-11H,2-5,7-9H2,1H3/t11-/m1/s1. The summed E-state index contributed by atoms with van der Waals surface area (Å²) in [5.41, 5.74) is 2.73. The Labute approximate surface area is 144 Å². The molecule has 4 rings (SSSR count). The van der Waals surface area contributed by atoms with E-state index in [0.29, 0.717) is 19.6 Å². The molecule has 0 saturated carbocycles. The minimum Gasteiger partial charge on any atom is -0.437 e. The molecule has 4 heterocycles. The Morgan fingerprint density at radius 2 is 2.42 bits per heavy atom. The van der Waals surface area contributed by atoms with Crippen molar-refractivity contribution in [1.82, 2.24) is 19.8 Å². The Kier molecular flexibility index (Phi) is 4.34. The first-order valence-electron chi connectivity index (χ1n) is 8.13. The third-order valence-electron chi connectivity index (χ3n) is 4.62. The molecule has 0 spiro atoms. The lowest BCUT2D eigenvalue weighted by molar-refractivity contribution is 0.0687. The van der Waals surface area contributed by atoms with Crippen LogP contribution in [0.5, 0.6) is 0 Å². The summed E-state index contributed by atoms with van der Waals surface area (Å²) in [4.78, 5) is 26.5. The number of fused-ring (bicyclic) bond motifs is 1. The van der Waals surface area contributed by atoms with Gasteiger partial charge in [-0.2, -0.15) is 0 Å². The van der Waals surface area contributed by atoms with Crippen LogP contribution >= 0.6 is 11.3 Å². The lowest BCUT2D eigenvalue weighted by atomic mass is 10.1. The predicted molar refractivity (Wildman–Crippen MR) is 87.8 cm³/mol. The summed E-state index contributed by atoms with van der Waals surface area (Å²) in [6, 6.07) is 0. The van der Waals surface area contributed by atoms with Gasteiger partial charge in [0.05, 0.1) is 17.3 Å². The van der Waals surface area contributed by atoms with Gasteiger partial charge in [0, 0.05) is 57.3 Å². The summed E-state index contributed by atoms with van der Waals surface area (Å²) in [6.07, 6.45) is 3.67. The number of rotatable bonds is 4. The first-order chi connectivity index (χ1) is 11.7. The summed E-state index contributed by atoms with van der Waals surface area (Å²) in [5, 5.41) is 0. The molecule has 2 aliphatic heterocycles. The number of carbonyl (C=O) groups is 1. The molecule has 2 aromatic rings. The van der Waals surface area contributed by atoms with Crippen LogP contribution in [-0.2, 0) is 24.2 Å². The van der Waals surface area contributed by atoms with E-state index in [-0.39, 0.29) is 17.9 Å². The van der Waals surface area contributed by atoms with Gasteiger partial charge in [-0.15, -0.1) is 11.3 Å². The van der Waals surface area contributed by atoms with Gasteiger partial charge >= 0.3 is 5.91 Å². The zero-order chi connectivity index (χ0) is 16.5. The Hall–Kier alpha value is -1.77. The van der Waals surface area contributed by atoms with Crippen LogP contribution in [0.4, 0.5) is 0 Å². The van der Waals surface area contributed by atoms with Crippen LogP contribution in [0.2, 0.25) is 0 Å². The van der Waals surface area contributed by atoms with E-state index in [4.69, 9.17) is 9.15 Å². The highest BCUT2D eigenvalue weighted by molar-refractivity contribution is 7.09. The molecule has 24 heavy (non-hydrogen) atoms. The maximum absolute atomic E-state index is 12.6. The summed E-state index contributed by atoms with van der Waals surface area (Å²) in [7, 11) is 1.68. The highest BCUT2D eigenvalue weighted by Crippen LogP contribution is 2.23. The highest BCUT2D eigenvalue weighted by Gasteiger charge is 2.31. The maximum Gasteiger partial charge on any atom is 0.309 e. The van der Waals surface area contributed by atoms with Gasteiger partial charge in [-0.25, -0.2) is 4.98 Å². The Balaban J connectivity index is 1.43. The molecule has 0 aromatic carbocycles. The minimum atomic E-state index is -0.127. The SMILES string of the molecule is CO[C@@H]1CCN(C(=O)c2nc3c(o2)CCN(Cc2cncs2)C3)C1. The fourth-order valence-corrected chi connectivity index (χ4v) is 3.90. The van der Waals surface area contributed by atoms with Crippen LogP contribution in [-0.4, -0.2) is 58.5 Å². The van der Waals surface area contributed by atoms with Crippen LogP contribution < -0.4 is 0 Å². The number of amides is 1. The quantitative estimate of drug-likeness (QED) is 0.835. The van der Waals surface area contributed by atoms with E-state index in [2.05, 4.69) is 14.9 Å². The lowest BCUT2D eigenvalue weighted by Crippen LogP contribution is -2.30. The van der Waals surface area contributed by atoms with Crippen molar-refractivity contribution in [2.24, 2.45) is 0 Å². The van der Waals surface area contributed by atoms with Crippen molar-refractivity contribution >= 4 is 17.2 Å². The Morgan fingerprint density at radius 3 is 3.17 bits per heavy atom. The van der Waals surface area contributed by atoms with E-state index < -0.39 is 0 Å². The molecule has 0 bridgehead atoms. The second-order valence-electron chi connectivity index (χ2n) is 6.21. The van der Waals surface area contributed by atoms with Crippen molar-refractivity contribution in [3.05, 3.63) is 33.9 Å². The number of thiazole rings is 1. The third-order valence-corrected chi connectivity index (χ3v) is 5.38. The number of oxazole rings is 1. The number of hydrogen-bond donors (Lipinski definition) is 0. The van der Waals surface area contributed by atoms with Crippen molar-refractivity contribution in [2.75, 3.05) is 26.7 Å². The van der Waals surface area contributed by atoms with Crippen LogP contribution in [0.1, 0.15) is 33.4 Å². The van der Waals surface area contributed by atoms with E-state index in [0.717, 1.165) is 37.4 Å². The molecule has 8 heteroatoms. The molecule has 2 aromatic heterocycles. The summed E-state index contributed by atoms with van der Waals surface area (Å²) in [6.45, 7) is 3.79. The number of carbonyl (C=O) groups excluding carboxylic acids is 1. The van der Waals surface area contributed by atoms with Crippen LogP contribution in [0.3, 0.4) is 0 Å². The average molecular weight is 348 g/mol. The summed E-state index contributed by atoms with van der Waals surface area (Å²) >= 11 is 1.66. The topological polar surface area (TPSA) is 71.7 Å². The second kappa shape index (κ2) is 6.62. The number of hydrogen-bond acceptors (Lipinski definition) is 7. The number of aromatic nitrogens is 2. The predicted octanol–water partition coefficient (Wildman–Crippen LogP) is 1.55. The molecule has 0 radical (unpaired) electrons. The van der Waals surface area contributed by atoms with Crippen LogP contribution in [0, 0.1) is 0 Å². The molecular weight excluding hydrogens is 328 g/mol. The molecule has 128 valence electrons. The molecule has 1 fully saturated rings. The molecule has 1 saturated heterocycles. The molecule has 0 aliphatic carbocycles. The van der Waals surface area contributed by atoms with Gasteiger partial charge in [0.1, 0.15) is 5.76 Å². The zero-order valence-electron chi connectivity index (χ0n) is 13.6. The molecule has 0 N–H and O–H groups in total. The van der Waals surface area contributed by atoms with E-state index in [1.165, 1.54) is 4.88 Å². The third kappa shape index (κ3) is 3.09. The van der Waals surface area contributed by atoms with Crippen molar-refractivity contribution in [3.8, 4) is 0 Å². The zero-order valence-corrected chi connectivity index (χ0v) is 14.4. The monoisotopic (exact) mass is 348 g/mol. The maximum atomic E-state index is 12.6. The molecule has 0 unspecified atom stereocenters. The van der Waals surface area contributed by atoms with Gasteiger partial charge in [0.2, 0.25) is 0 Å². The van der Waals surface area contributed by atoms with Crippen molar-refractivity contribution < 1.29 is 13.9 Å². The molecule has 1 atom stereocenters. The highest BCUT2D eigenvalue weighted by atomic mass is 32.1. The summed E-state index contributed by atoms with van der Waals surface area (Å²) < 4.78 is 11.1. The average Bonchev–Trinajstić information content (AvgIpc) is 3.33. The van der Waals surface area contributed by atoms with Crippen molar-refractivity contribution in [3.63, 3.8) is 0 Å². The fourth-order valence-electron chi connectivity index (χ4n) is 3.26. The minimum absolute atomic E-state index is 0.119. The molecule has 7 nitrogen and oxygen atoms in total. The van der Waals surface area contributed by atoms with Gasteiger partial charge in [0.15, 0.2) is 0 Å². The van der Waals surface area contributed by atoms with Gasteiger partial charge in [0.25, 0.3) is 5.89 Å². The first-order valence-corrected chi connectivity index (χ1v) is 9.01. The van der Waals surface area contributed by atoms with E-state index in [1.54, 1.807) is 23.3 Å². The van der Waals surface area contributed by atoms with Crippen molar-refractivity contribution in [2.45, 2.75) is 32.0 Å². The molecular formula is C16H20N4O3S.